The van der Waals surface area contributed by atoms with Crippen molar-refractivity contribution in [2.24, 2.45) is 0 Å². The zero-order chi connectivity index (χ0) is 11.4. The topological polar surface area (TPSA) is 53.1 Å². The van der Waals surface area contributed by atoms with Crippen LogP contribution in [-0.2, 0) is 6.54 Å². The molecule has 0 bridgehead atoms. The van der Waals surface area contributed by atoms with Gasteiger partial charge in [-0.25, -0.2) is 0 Å². The van der Waals surface area contributed by atoms with Crippen LogP contribution in [0.4, 0.5) is 5.69 Å². The molecule has 1 heterocycles. The molecule has 0 atom stereocenters. The third-order valence-electron chi connectivity index (χ3n) is 2.07. The second kappa shape index (κ2) is 5.20. The van der Waals surface area contributed by atoms with E-state index in [1.807, 2.05) is 41.3 Å². The molecule has 0 amide bonds. The zero-order valence-electron chi connectivity index (χ0n) is 8.64. The van der Waals surface area contributed by atoms with Crippen LogP contribution in [0, 0.1) is 3.57 Å². The molecule has 0 saturated heterocycles. The fourth-order valence-electron chi connectivity index (χ4n) is 1.28. The number of halogens is 1. The normalized spacial score (nSPS) is 10.3. The van der Waals surface area contributed by atoms with Crippen molar-refractivity contribution in [3.05, 3.63) is 40.2 Å². The average molecular weight is 329 g/mol. The molecule has 0 aliphatic rings. The highest BCUT2D eigenvalue weighted by atomic mass is 127. The van der Waals surface area contributed by atoms with E-state index in [-0.39, 0.29) is 0 Å². The molecule has 2 N–H and O–H groups in total. The number of aromatic nitrogens is 2. The molecule has 1 aromatic heterocycles. The van der Waals surface area contributed by atoms with Crippen LogP contribution in [0.25, 0.3) is 0 Å². The maximum atomic E-state index is 5.58. The molecule has 0 unspecified atom stereocenters. The van der Waals surface area contributed by atoms with Crippen LogP contribution >= 0.6 is 22.6 Å². The van der Waals surface area contributed by atoms with Gasteiger partial charge in [-0.2, -0.15) is 5.10 Å². The van der Waals surface area contributed by atoms with Crippen molar-refractivity contribution in [3.63, 3.8) is 0 Å². The number of benzene rings is 1. The average Bonchev–Trinajstić information content (AvgIpc) is 2.67. The van der Waals surface area contributed by atoms with E-state index < -0.39 is 0 Å². The third kappa shape index (κ3) is 3.13. The maximum absolute atomic E-state index is 5.58. The first-order valence-corrected chi connectivity index (χ1v) is 5.98. The number of nitrogens with zero attached hydrogens (tertiary/aromatic N) is 2. The first-order valence-electron chi connectivity index (χ1n) is 4.90. The Hall–Kier alpha value is -1.24. The Morgan fingerprint density at radius 3 is 2.69 bits per heavy atom. The number of nitrogen functional groups attached to an aromatic ring is 1. The summed E-state index contributed by atoms with van der Waals surface area (Å²) >= 11 is 2.23. The van der Waals surface area contributed by atoms with Gasteiger partial charge >= 0.3 is 0 Å². The minimum atomic E-state index is 0.599. The highest BCUT2D eigenvalue weighted by molar-refractivity contribution is 14.1. The minimum Gasteiger partial charge on any atom is -0.492 e. The van der Waals surface area contributed by atoms with Gasteiger partial charge < -0.3 is 10.5 Å². The summed E-state index contributed by atoms with van der Waals surface area (Å²) in [6, 6.07) is 7.38. The van der Waals surface area contributed by atoms with Gasteiger partial charge in [-0.05, 0) is 46.9 Å². The van der Waals surface area contributed by atoms with E-state index in [9.17, 15) is 0 Å². The fraction of sp³-hybridized carbons (Fsp3) is 0.182. The van der Waals surface area contributed by atoms with Gasteiger partial charge in [-0.1, -0.05) is 0 Å². The van der Waals surface area contributed by atoms with E-state index >= 15 is 0 Å². The first-order chi connectivity index (χ1) is 7.74. The molecular formula is C11H12IN3O. The highest BCUT2D eigenvalue weighted by Gasteiger charge is 1.96. The maximum Gasteiger partial charge on any atom is 0.119 e. The second-order valence-corrected chi connectivity index (χ2v) is 4.58. The number of nitrogens with two attached hydrogens (primary N) is 1. The lowest BCUT2D eigenvalue weighted by molar-refractivity contribution is 0.291. The van der Waals surface area contributed by atoms with Gasteiger partial charge in [0, 0.05) is 11.9 Å². The smallest absolute Gasteiger partial charge is 0.119 e. The predicted molar refractivity (Wildman–Crippen MR) is 71.3 cm³/mol. The lowest BCUT2D eigenvalue weighted by atomic mass is 10.3. The molecule has 2 rings (SSSR count). The van der Waals surface area contributed by atoms with Gasteiger partial charge in [-0.15, -0.1) is 0 Å². The van der Waals surface area contributed by atoms with Crippen LogP contribution in [0.1, 0.15) is 0 Å². The van der Waals surface area contributed by atoms with E-state index in [4.69, 9.17) is 10.5 Å². The van der Waals surface area contributed by atoms with Crippen LogP contribution in [0.15, 0.2) is 36.7 Å². The number of hydrogen-bond donors (Lipinski definition) is 1. The number of hydrogen-bond acceptors (Lipinski definition) is 3. The first kappa shape index (κ1) is 11.3. The molecule has 84 valence electrons. The standard InChI is InChI=1S/C11H12IN3O/c12-9-7-14-15(8-9)5-6-16-11-3-1-10(13)2-4-11/h1-4,7-8H,5-6,13H2. The molecule has 5 heteroatoms. The van der Waals surface area contributed by atoms with Gasteiger partial charge in [0.1, 0.15) is 12.4 Å². The van der Waals surface area contributed by atoms with Crippen LogP contribution in [0.5, 0.6) is 5.75 Å². The predicted octanol–water partition coefficient (Wildman–Crippen LogP) is 2.15. The summed E-state index contributed by atoms with van der Waals surface area (Å²) in [6.07, 6.45) is 3.80. The molecule has 0 aliphatic heterocycles. The zero-order valence-corrected chi connectivity index (χ0v) is 10.8. The van der Waals surface area contributed by atoms with E-state index in [0.29, 0.717) is 6.61 Å². The Morgan fingerprint density at radius 2 is 2.06 bits per heavy atom. The largest absolute Gasteiger partial charge is 0.492 e. The Labute approximate surface area is 108 Å². The Bertz CT molecular complexity index is 453. The molecule has 0 saturated carbocycles. The third-order valence-corrected chi connectivity index (χ3v) is 2.63. The SMILES string of the molecule is Nc1ccc(OCCn2cc(I)cn2)cc1. The quantitative estimate of drug-likeness (QED) is 0.691. The van der Waals surface area contributed by atoms with Crippen LogP contribution < -0.4 is 10.5 Å². The van der Waals surface area contributed by atoms with Gasteiger partial charge in [0.2, 0.25) is 0 Å². The molecule has 0 spiro atoms. The second-order valence-electron chi connectivity index (χ2n) is 3.34. The summed E-state index contributed by atoms with van der Waals surface area (Å²) in [7, 11) is 0. The van der Waals surface area contributed by atoms with Crippen molar-refractivity contribution in [1.29, 1.82) is 0 Å². The van der Waals surface area contributed by atoms with Crippen molar-refractivity contribution in [3.8, 4) is 5.75 Å². The van der Waals surface area contributed by atoms with Crippen LogP contribution in [0.3, 0.4) is 0 Å². The van der Waals surface area contributed by atoms with Crippen LogP contribution in [-0.4, -0.2) is 16.4 Å². The monoisotopic (exact) mass is 329 g/mol. The van der Waals surface area contributed by atoms with Crippen molar-refractivity contribution in [2.75, 3.05) is 12.3 Å². The van der Waals surface area contributed by atoms with Gasteiger partial charge in [0.05, 0.1) is 16.3 Å². The molecule has 0 aliphatic carbocycles. The summed E-state index contributed by atoms with van der Waals surface area (Å²) in [6.45, 7) is 1.34. The number of ether oxygens (including phenoxy) is 1. The molecule has 16 heavy (non-hydrogen) atoms. The van der Waals surface area contributed by atoms with Crippen molar-refractivity contribution in [1.82, 2.24) is 9.78 Å². The summed E-state index contributed by atoms with van der Waals surface area (Å²) in [4.78, 5) is 0. The minimum absolute atomic E-state index is 0.599. The Kier molecular flexibility index (Phi) is 3.66. The van der Waals surface area contributed by atoms with E-state index in [1.165, 1.54) is 0 Å². The molecule has 0 fully saturated rings. The van der Waals surface area contributed by atoms with Crippen molar-refractivity contribution < 1.29 is 4.74 Å². The van der Waals surface area contributed by atoms with Gasteiger partial charge in [0.15, 0.2) is 0 Å². The summed E-state index contributed by atoms with van der Waals surface area (Å²) < 4.78 is 8.55. The molecule has 1 aromatic carbocycles. The van der Waals surface area contributed by atoms with E-state index in [1.54, 1.807) is 0 Å². The fourth-order valence-corrected chi connectivity index (χ4v) is 1.73. The molecular weight excluding hydrogens is 317 g/mol. The number of anilines is 1. The lowest BCUT2D eigenvalue weighted by Gasteiger charge is -2.06. The van der Waals surface area contributed by atoms with Crippen LogP contribution in [0.2, 0.25) is 0 Å². The number of rotatable bonds is 4. The van der Waals surface area contributed by atoms with Crippen molar-refractivity contribution >= 4 is 28.3 Å². The van der Waals surface area contributed by atoms with E-state index in [2.05, 4.69) is 27.7 Å². The van der Waals surface area contributed by atoms with E-state index in [0.717, 1.165) is 21.6 Å². The molecule has 4 nitrogen and oxygen atoms in total. The Balaban J connectivity index is 1.82. The van der Waals surface area contributed by atoms with Gasteiger partial charge in [0.25, 0.3) is 0 Å². The molecule has 2 aromatic rings. The summed E-state index contributed by atoms with van der Waals surface area (Å²) in [5.74, 6) is 0.830. The highest BCUT2D eigenvalue weighted by Crippen LogP contribution is 2.12. The molecule has 0 radical (unpaired) electrons. The summed E-state index contributed by atoms with van der Waals surface area (Å²) in [5, 5.41) is 4.17. The lowest BCUT2D eigenvalue weighted by Crippen LogP contribution is -2.08. The Morgan fingerprint density at radius 1 is 1.31 bits per heavy atom. The summed E-state index contributed by atoms with van der Waals surface area (Å²) in [5.41, 5.74) is 6.32. The van der Waals surface area contributed by atoms with Crippen molar-refractivity contribution in [2.45, 2.75) is 6.54 Å². The van der Waals surface area contributed by atoms with Gasteiger partial charge in [-0.3, -0.25) is 4.68 Å².